The SMILES string of the molecule is CCC(CSC)NCc1nnc(C)o1. The van der Waals surface area contributed by atoms with Gasteiger partial charge in [0, 0.05) is 18.7 Å². The Bertz CT molecular complexity index is 264. The van der Waals surface area contributed by atoms with Crippen molar-refractivity contribution in [2.45, 2.75) is 32.9 Å². The first-order valence-electron chi connectivity index (χ1n) is 4.77. The zero-order valence-corrected chi connectivity index (χ0v) is 9.73. The van der Waals surface area contributed by atoms with Crippen LogP contribution in [-0.2, 0) is 6.54 Å². The van der Waals surface area contributed by atoms with Gasteiger partial charge in [0.2, 0.25) is 11.8 Å². The number of aryl methyl sites for hydroxylation is 1. The molecule has 1 aromatic rings. The predicted molar refractivity (Wildman–Crippen MR) is 58.3 cm³/mol. The Kier molecular flexibility index (Phi) is 4.97. The molecule has 0 saturated carbocycles. The third-order valence-electron chi connectivity index (χ3n) is 1.97. The quantitative estimate of drug-likeness (QED) is 0.781. The molecule has 0 bridgehead atoms. The summed E-state index contributed by atoms with van der Waals surface area (Å²) in [4.78, 5) is 0. The molecule has 0 aromatic carbocycles. The van der Waals surface area contributed by atoms with Crippen LogP contribution in [0.1, 0.15) is 25.1 Å². The fourth-order valence-electron chi connectivity index (χ4n) is 1.16. The molecule has 0 aliphatic carbocycles. The van der Waals surface area contributed by atoms with E-state index in [2.05, 4.69) is 28.7 Å². The zero-order valence-electron chi connectivity index (χ0n) is 8.91. The van der Waals surface area contributed by atoms with Gasteiger partial charge in [-0.15, -0.1) is 10.2 Å². The monoisotopic (exact) mass is 215 g/mol. The summed E-state index contributed by atoms with van der Waals surface area (Å²) in [5, 5.41) is 11.1. The van der Waals surface area contributed by atoms with E-state index in [1.165, 1.54) is 0 Å². The first-order valence-corrected chi connectivity index (χ1v) is 6.17. The van der Waals surface area contributed by atoms with Gasteiger partial charge in [-0.3, -0.25) is 0 Å². The number of thioether (sulfide) groups is 1. The fraction of sp³-hybridized carbons (Fsp3) is 0.778. The summed E-state index contributed by atoms with van der Waals surface area (Å²) in [7, 11) is 0. The minimum absolute atomic E-state index is 0.525. The summed E-state index contributed by atoms with van der Waals surface area (Å²) in [5.41, 5.74) is 0. The van der Waals surface area contributed by atoms with Gasteiger partial charge in [-0.1, -0.05) is 6.92 Å². The van der Waals surface area contributed by atoms with Crippen LogP contribution in [0.15, 0.2) is 4.42 Å². The first kappa shape index (κ1) is 11.5. The van der Waals surface area contributed by atoms with E-state index in [-0.39, 0.29) is 0 Å². The topological polar surface area (TPSA) is 51.0 Å². The Labute approximate surface area is 88.9 Å². The molecule has 1 atom stereocenters. The number of nitrogens with one attached hydrogen (secondary N) is 1. The largest absolute Gasteiger partial charge is 0.424 e. The van der Waals surface area contributed by atoms with Gasteiger partial charge in [-0.25, -0.2) is 0 Å². The van der Waals surface area contributed by atoms with Gasteiger partial charge in [0.25, 0.3) is 0 Å². The van der Waals surface area contributed by atoms with Crippen molar-refractivity contribution >= 4 is 11.8 Å². The molecule has 14 heavy (non-hydrogen) atoms. The molecule has 1 rings (SSSR count). The maximum Gasteiger partial charge on any atom is 0.230 e. The van der Waals surface area contributed by atoms with E-state index in [1.807, 2.05) is 11.8 Å². The molecule has 1 unspecified atom stereocenters. The lowest BCUT2D eigenvalue weighted by Crippen LogP contribution is -2.30. The average Bonchev–Trinajstić information content (AvgIpc) is 2.59. The lowest BCUT2D eigenvalue weighted by atomic mass is 10.2. The minimum atomic E-state index is 0.525. The normalized spacial score (nSPS) is 13.1. The maximum absolute atomic E-state index is 5.27. The molecule has 1 aromatic heterocycles. The Morgan fingerprint density at radius 1 is 1.50 bits per heavy atom. The van der Waals surface area contributed by atoms with Crippen molar-refractivity contribution in [3.8, 4) is 0 Å². The Morgan fingerprint density at radius 3 is 2.79 bits per heavy atom. The molecule has 0 aliphatic rings. The molecular weight excluding hydrogens is 198 g/mol. The molecule has 0 spiro atoms. The van der Waals surface area contributed by atoms with E-state index in [4.69, 9.17) is 4.42 Å². The smallest absolute Gasteiger partial charge is 0.230 e. The van der Waals surface area contributed by atoms with Crippen LogP contribution in [0.3, 0.4) is 0 Å². The highest BCUT2D eigenvalue weighted by atomic mass is 32.2. The molecule has 1 N–H and O–H groups in total. The standard InChI is InChI=1S/C9H17N3OS/c1-4-8(6-14-3)10-5-9-12-11-7(2)13-9/h8,10H,4-6H2,1-3H3. The second-order valence-electron chi connectivity index (χ2n) is 3.16. The van der Waals surface area contributed by atoms with Crippen LogP contribution in [0.25, 0.3) is 0 Å². The lowest BCUT2D eigenvalue weighted by Gasteiger charge is -2.13. The van der Waals surface area contributed by atoms with E-state index in [0.29, 0.717) is 24.4 Å². The number of rotatable bonds is 6. The van der Waals surface area contributed by atoms with Gasteiger partial charge in [-0.2, -0.15) is 11.8 Å². The summed E-state index contributed by atoms with van der Waals surface area (Å²) in [6.07, 6.45) is 3.23. The molecule has 1 heterocycles. The highest BCUT2D eigenvalue weighted by Crippen LogP contribution is 2.03. The van der Waals surface area contributed by atoms with Crippen molar-refractivity contribution in [3.05, 3.63) is 11.8 Å². The number of hydrogen-bond acceptors (Lipinski definition) is 5. The number of nitrogens with zero attached hydrogens (tertiary/aromatic N) is 2. The minimum Gasteiger partial charge on any atom is -0.424 e. The molecule has 0 aliphatic heterocycles. The Hall–Kier alpha value is -0.550. The second kappa shape index (κ2) is 6.03. The van der Waals surface area contributed by atoms with Crippen molar-refractivity contribution in [1.82, 2.24) is 15.5 Å². The molecule has 0 fully saturated rings. The van der Waals surface area contributed by atoms with E-state index < -0.39 is 0 Å². The predicted octanol–water partition coefficient (Wildman–Crippen LogP) is 1.61. The fourth-order valence-corrected chi connectivity index (χ4v) is 1.92. The zero-order chi connectivity index (χ0) is 10.4. The van der Waals surface area contributed by atoms with Gasteiger partial charge in [-0.05, 0) is 12.7 Å². The van der Waals surface area contributed by atoms with Gasteiger partial charge in [0.05, 0.1) is 6.54 Å². The summed E-state index contributed by atoms with van der Waals surface area (Å²) in [6, 6.07) is 0.525. The summed E-state index contributed by atoms with van der Waals surface area (Å²) >= 11 is 1.85. The second-order valence-corrected chi connectivity index (χ2v) is 4.07. The molecule has 0 amide bonds. The number of aromatic nitrogens is 2. The Balaban J connectivity index is 2.31. The van der Waals surface area contributed by atoms with E-state index in [9.17, 15) is 0 Å². The van der Waals surface area contributed by atoms with E-state index in [1.54, 1.807) is 6.92 Å². The third-order valence-corrected chi connectivity index (χ3v) is 2.71. The maximum atomic E-state index is 5.27. The molecule has 5 heteroatoms. The van der Waals surface area contributed by atoms with Crippen LogP contribution in [-0.4, -0.2) is 28.2 Å². The molecule has 0 radical (unpaired) electrons. The third kappa shape index (κ3) is 3.67. The van der Waals surface area contributed by atoms with Crippen LogP contribution in [0, 0.1) is 6.92 Å². The van der Waals surface area contributed by atoms with Crippen LogP contribution in [0.2, 0.25) is 0 Å². The van der Waals surface area contributed by atoms with Crippen molar-refractivity contribution in [2.24, 2.45) is 0 Å². The molecular formula is C9H17N3OS. The van der Waals surface area contributed by atoms with Crippen molar-refractivity contribution in [3.63, 3.8) is 0 Å². The average molecular weight is 215 g/mol. The van der Waals surface area contributed by atoms with Crippen molar-refractivity contribution in [2.75, 3.05) is 12.0 Å². The first-order chi connectivity index (χ1) is 6.76. The van der Waals surface area contributed by atoms with Crippen molar-refractivity contribution < 1.29 is 4.42 Å². The summed E-state index contributed by atoms with van der Waals surface area (Å²) in [5.74, 6) is 2.41. The van der Waals surface area contributed by atoms with Gasteiger partial charge >= 0.3 is 0 Å². The van der Waals surface area contributed by atoms with Gasteiger partial charge in [0.15, 0.2) is 0 Å². The van der Waals surface area contributed by atoms with Crippen LogP contribution in [0.4, 0.5) is 0 Å². The summed E-state index contributed by atoms with van der Waals surface area (Å²) in [6.45, 7) is 4.64. The van der Waals surface area contributed by atoms with E-state index >= 15 is 0 Å². The van der Waals surface area contributed by atoms with Gasteiger partial charge in [0.1, 0.15) is 0 Å². The van der Waals surface area contributed by atoms with Crippen LogP contribution >= 0.6 is 11.8 Å². The highest BCUT2D eigenvalue weighted by molar-refractivity contribution is 7.98. The number of hydrogen-bond donors (Lipinski definition) is 1. The molecule has 80 valence electrons. The summed E-state index contributed by atoms with van der Waals surface area (Å²) < 4.78 is 5.27. The molecule has 4 nitrogen and oxygen atoms in total. The highest BCUT2D eigenvalue weighted by Gasteiger charge is 2.07. The van der Waals surface area contributed by atoms with Crippen LogP contribution in [0.5, 0.6) is 0 Å². The van der Waals surface area contributed by atoms with E-state index in [0.717, 1.165) is 12.2 Å². The Morgan fingerprint density at radius 2 is 2.29 bits per heavy atom. The van der Waals surface area contributed by atoms with Crippen molar-refractivity contribution in [1.29, 1.82) is 0 Å². The lowest BCUT2D eigenvalue weighted by molar-refractivity contribution is 0.426. The van der Waals surface area contributed by atoms with Crippen LogP contribution < -0.4 is 5.32 Å². The molecule has 0 saturated heterocycles. The van der Waals surface area contributed by atoms with Gasteiger partial charge < -0.3 is 9.73 Å².